The van der Waals surface area contributed by atoms with E-state index in [9.17, 15) is 18.7 Å². The van der Waals surface area contributed by atoms with Gasteiger partial charge in [-0.1, -0.05) is 11.6 Å². The highest BCUT2D eigenvalue weighted by Crippen LogP contribution is 2.43. The van der Waals surface area contributed by atoms with Gasteiger partial charge in [-0.05, 0) is 92.3 Å². The molecule has 1 N–H and O–H groups in total. The van der Waals surface area contributed by atoms with Gasteiger partial charge in [0, 0.05) is 6.20 Å². The Balaban J connectivity index is 1.95. The third kappa shape index (κ3) is 4.55. The number of aromatic hydroxyl groups is 1. The van der Waals surface area contributed by atoms with E-state index in [-0.39, 0.29) is 28.4 Å². The van der Waals surface area contributed by atoms with Crippen molar-refractivity contribution >= 4 is 22.6 Å². The van der Waals surface area contributed by atoms with Gasteiger partial charge in [0.05, 0.1) is 28.1 Å². The lowest BCUT2D eigenvalue weighted by Crippen LogP contribution is -2.26. The smallest absolute Gasteiger partial charge is 0.264 e. The molecule has 194 valence electrons. The van der Waals surface area contributed by atoms with E-state index in [1.165, 1.54) is 24.4 Å². The molecule has 0 spiro atoms. The molecule has 5 nitrogen and oxygen atoms in total. The molecular formula is C28H26ClF3N2O3. The predicted octanol–water partition coefficient (Wildman–Crippen LogP) is 6.95. The number of alkyl halides is 2. The first-order chi connectivity index (χ1) is 17.5. The van der Waals surface area contributed by atoms with Crippen LogP contribution in [0.25, 0.3) is 22.2 Å². The fourth-order valence-corrected chi connectivity index (χ4v) is 4.85. The van der Waals surface area contributed by atoms with E-state index in [1.54, 1.807) is 0 Å². The largest absolute Gasteiger partial charge is 0.506 e. The number of fused-ring (bicyclic) bond motifs is 1. The van der Waals surface area contributed by atoms with Crippen molar-refractivity contribution in [3.05, 3.63) is 85.0 Å². The molecule has 0 fully saturated rings. The number of rotatable bonds is 6. The molecule has 0 saturated carbocycles. The molecule has 0 amide bonds. The van der Waals surface area contributed by atoms with Gasteiger partial charge in [0.2, 0.25) is 0 Å². The van der Waals surface area contributed by atoms with Crippen molar-refractivity contribution in [2.45, 2.75) is 54.2 Å². The van der Waals surface area contributed by atoms with Crippen LogP contribution in [0.4, 0.5) is 13.2 Å². The minimum Gasteiger partial charge on any atom is -0.506 e. The van der Waals surface area contributed by atoms with Gasteiger partial charge < -0.3 is 9.84 Å². The first kappa shape index (κ1) is 26.5. The SMILES string of the molecule is Cc1c(C)c(C)c(COc2c(Cl)ccc(F)c2-c2c(O)c3cccnc3n(CC(F)F)c2=O)c(C)c1C. The zero-order chi connectivity index (χ0) is 27.2. The quantitative estimate of drug-likeness (QED) is 0.293. The lowest BCUT2D eigenvalue weighted by molar-refractivity contribution is 0.126. The molecule has 4 aromatic rings. The number of aromatic nitrogens is 2. The molecule has 0 bridgehead atoms. The van der Waals surface area contributed by atoms with E-state index in [1.807, 2.05) is 34.6 Å². The average molecular weight is 531 g/mol. The van der Waals surface area contributed by atoms with Gasteiger partial charge in [0.25, 0.3) is 12.0 Å². The first-order valence-electron chi connectivity index (χ1n) is 11.6. The number of nitrogens with zero attached hydrogens (tertiary/aromatic N) is 2. The Morgan fingerprint density at radius 2 is 1.62 bits per heavy atom. The molecule has 0 aliphatic carbocycles. The number of pyridine rings is 2. The number of benzene rings is 2. The van der Waals surface area contributed by atoms with Gasteiger partial charge in [-0.15, -0.1) is 0 Å². The van der Waals surface area contributed by atoms with E-state index in [4.69, 9.17) is 16.3 Å². The molecule has 0 aliphatic heterocycles. The van der Waals surface area contributed by atoms with E-state index in [0.29, 0.717) is 0 Å². The lowest BCUT2D eigenvalue weighted by Gasteiger charge is -2.21. The van der Waals surface area contributed by atoms with Crippen LogP contribution in [0.5, 0.6) is 11.5 Å². The van der Waals surface area contributed by atoms with Gasteiger partial charge in [0.15, 0.2) is 0 Å². The predicted molar refractivity (Wildman–Crippen MR) is 139 cm³/mol. The molecule has 0 radical (unpaired) electrons. The second-order valence-electron chi connectivity index (χ2n) is 9.03. The molecule has 0 aliphatic rings. The number of hydrogen-bond donors (Lipinski definition) is 1. The monoisotopic (exact) mass is 530 g/mol. The Bertz CT molecular complexity index is 1570. The molecule has 0 saturated heterocycles. The second kappa shape index (κ2) is 10.1. The Morgan fingerprint density at radius 3 is 2.24 bits per heavy atom. The molecule has 2 aromatic carbocycles. The summed E-state index contributed by atoms with van der Waals surface area (Å²) in [4.78, 5) is 17.4. The van der Waals surface area contributed by atoms with Gasteiger partial charge in [-0.25, -0.2) is 18.2 Å². The summed E-state index contributed by atoms with van der Waals surface area (Å²) in [6.07, 6.45) is -1.58. The highest BCUT2D eigenvalue weighted by molar-refractivity contribution is 6.32. The Hall–Kier alpha value is -3.52. The van der Waals surface area contributed by atoms with Crippen LogP contribution in [0.3, 0.4) is 0 Å². The molecule has 2 heterocycles. The van der Waals surface area contributed by atoms with Crippen LogP contribution >= 0.6 is 11.6 Å². The lowest BCUT2D eigenvalue weighted by atomic mass is 9.90. The van der Waals surface area contributed by atoms with Gasteiger partial charge in [-0.2, -0.15) is 0 Å². The summed E-state index contributed by atoms with van der Waals surface area (Å²) in [5.41, 5.74) is 4.15. The molecule has 0 unspecified atom stereocenters. The number of hydrogen-bond acceptors (Lipinski definition) is 4. The van der Waals surface area contributed by atoms with E-state index in [2.05, 4.69) is 4.98 Å². The van der Waals surface area contributed by atoms with Crippen molar-refractivity contribution < 1.29 is 23.0 Å². The maximum absolute atomic E-state index is 15.4. The third-order valence-corrected chi connectivity index (χ3v) is 7.44. The molecule has 4 rings (SSSR count). The van der Waals surface area contributed by atoms with Crippen molar-refractivity contribution in [2.24, 2.45) is 0 Å². The van der Waals surface area contributed by atoms with Crippen LogP contribution in [-0.4, -0.2) is 21.1 Å². The summed E-state index contributed by atoms with van der Waals surface area (Å²) < 4.78 is 48.9. The Kier molecular flexibility index (Phi) is 7.24. The van der Waals surface area contributed by atoms with Crippen LogP contribution < -0.4 is 10.3 Å². The number of halogens is 4. The van der Waals surface area contributed by atoms with Crippen LogP contribution in [-0.2, 0) is 13.2 Å². The zero-order valence-electron chi connectivity index (χ0n) is 21.0. The summed E-state index contributed by atoms with van der Waals surface area (Å²) in [5, 5.41) is 11.1. The summed E-state index contributed by atoms with van der Waals surface area (Å²) in [6.45, 7) is 9.01. The van der Waals surface area contributed by atoms with Crippen molar-refractivity contribution in [2.75, 3.05) is 0 Å². The standard InChI is InChI=1S/C28H26ClF3N2O3/c1-13-14(2)16(4)19(17(5)15(13)3)12-37-26-20(29)8-9-21(30)23(26)24-25(35)18-7-6-10-33-27(18)34(28(24)36)11-22(31)32/h6-10,22,35H,11-12H2,1-5H3. The minimum atomic E-state index is -2.89. The van der Waals surface area contributed by atoms with E-state index >= 15 is 4.39 Å². The maximum Gasteiger partial charge on any atom is 0.264 e. The molecule has 37 heavy (non-hydrogen) atoms. The van der Waals surface area contributed by atoms with Gasteiger partial charge in [-0.3, -0.25) is 9.36 Å². The van der Waals surface area contributed by atoms with Crippen molar-refractivity contribution in [1.82, 2.24) is 9.55 Å². The summed E-state index contributed by atoms with van der Waals surface area (Å²) in [7, 11) is 0. The molecular weight excluding hydrogens is 505 g/mol. The summed E-state index contributed by atoms with van der Waals surface area (Å²) in [5.74, 6) is -1.67. The van der Waals surface area contributed by atoms with E-state index in [0.717, 1.165) is 44.0 Å². The zero-order valence-corrected chi connectivity index (χ0v) is 21.8. The minimum absolute atomic E-state index is 0.00208. The Labute approximate surface area is 217 Å². The van der Waals surface area contributed by atoms with Gasteiger partial charge >= 0.3 is 0 Å². The summed E-state index contributed by atoms with van der Waals surface area (Å²) in [6, 6.07) is 5.20. The van der Waals surface area contributed by atoms with Crippen LogP contribution in [0.2, 0.25) is 5.02 Å². The van der Waals surface area contributed by atoms with Crippen LogP contribution in [0, 0.1) is 40.4 Å². The first-order valence-corrected chi connectivity index (χ1v) is 12.0. The average Bonchev–Trinajstić information content (AvgIpc) is 2.87. The summed E-state index contributed by atoms with van der Waals surface area (Å²) >= 11 is 6.42. The normalized spacial score (nSPS) is 11.5. The molecule has 2 aromatic heterocycles. The maximum atomic E-state index is 15.4. The van der Waals surface area contributed by atoms with Crippen molar-refractivity contribution in [1.29, 1.82) is 0 Å². The number of ether oxygens (including phenoxy) is 1. The highest BCUT2D eigenvalue weighted by atomic mass is 35.5. The van der Waals surface area contributed by atoms with E-state index < -0.39 is 41.2 Å². The van der Waals surface area contributed by atoms with Crippen LogP contribution in [0.15, 0.2) is 35.3 Å². The van der Waals surface area contributed by atoms with Gasteiger partial charge in [0.1, 0.15) is 29.6 Å². The third-order valence-electron chi connectivity index (χ3n) is 7.14. The topological polar surface area (TPSA) is 64.3 Å². The second-order valence-corrected chi connectivity index (χ2v) is 9.44. The fourth-order valence-electron chi connectivity index (χ4n) is 4.64. The Morgan fingerprint density at radius 1 is 1.00 bits per heavy atom. The highest BCUT2D eigenvalue weighted by Gasteiger charge is 2.27. The van der Waals surface area contributed by atoms with Crippen LogP contribution in [0.1, 0.15) is 33.4 Å². The molecule has 0 atom stereocenters. The fraction of sp³-hybridized carbons (Fsp3) is 0.286. The molecule has 9 heteroatoms. The van der Waals surface area contributed by atoms with Crippen molar-refractivity contribution in [3.63, 3.8) is 0 Å². The van der Waals surface area contributed by atoms with Crippen molar-refractivity contribution in [3.8, 4) is 22.6 Å².